The van der Waals surface area contributed by atoms with Crippen molar-refractivity contribution < 1.29 is 24.1 Å². The van der Waals surface area contributed by atoms with Gasteiger partial charge in [0, 0.05) is 51.1 Å². The molecule has 2 aromatic heterocycles. The van der Waals surface area contributed by atoms with Crippen LogP contribution in [0.4, 0.5) is 0 Å². The third-order valence-corrected chi connectivity index (χ3v) is 8.42. The average molecular weight is 642 g/mol. The Morgan fingerprint density at radius 3 is 2.59 bits per heavy atom. The normalized spacial score (nSPS) is 16.3. The summed E-state index contributed by atoms with van der Waals surface area (Å²) < 4.78 is 21.1. The van der Waals surface area contributed by atoms with Crippen LogP contribution in [-0.2, 0) is 17.9 Å². The lowest BCUT2D eigenvalue weighted by atomic mass is 9.96. The van der Waals surface area contributed by atoms with E-state index in [9.17, 15) is 9.90 Å². The molecule has 4 aromatic rings. The second-order valence-electron chi connectivity index (χ2n) is 11.8. The molecule has 2 aliphatic heterocycles. The maximum absolute atomic E-state index is 14.1. The monoisotopic (exact) mass is 640 g/mol. The number of likely N-dealkylation sites (N-methyl/N-ethyl adjacent to an activating group) is 1. The summed E-state index contributed by atoms with van der Waals surface area (Å²) in [6.45, 7) is 5.70. The van der Waals surface area contributed by atoms with Crippen molar-refractivity contribution in [3.63, 3.8) is 0 Å². The van der Waals surface area contributed by atoms with Gasteiger partial charge < -0.3 is 24.2 Å². The molecule has 0 saturated carbocycles. The van der Waals surface area contributed by atoms with Gasteiger partial charge in [-0.3, -0.25) is 14.4 Å². The van der Waals surface area contributed by atoms with Crippen LogP contribution in [-0.4, -0.2) is 93.1 Å². The fourth-order valence-electron chi connectivity index (χ4n) is 5.59. The van der Waals surface area contributed by atoms with Gasteiger partial charge in [0.1, 0.15) is 24.3 Å². The number of carbonyl (C=O) groups is 1. The molecule has 11 nitrogen and oxygen atoms in total. The highest BCUT2D eigenvalue weighted by atomic mass is 35.5. The first-order chi connectivity index (χ1) is 21.0. The highest BCUT2D eigenvalue weighted by Crippen LogP contribution is 2.46. The number of halogens is 2. The van der Waals surface area contributed by atoms with Crippen LogP contribution in [0, 0.1) is 0 Å². The Kier molecular flexibility index (Phi) is 8.10. The van der Waals surface area contributed by atoms with Crippen LogP contribution in [0.1, 0.15) is 29.9 Å². The zero-order valence-corrected chi connectivity index (χ0v) is 26.7. The van der Waals surface area contributed by atoms with E-state index in [1.807, 2.05) is 32.2 Å². The van der Waals surface area contributed by atoms with Gasteiger partial charge in [0.25, 0.3) is 5.91 Å². The summed E-state index contributed by atoms with van der Waals surface area (Å²) in [5.74, 6) is 0.958. The van der Waals surface area contributed by atoms with Crippen molar-refractivity contribution in [2.45, 2.75) is 38.8 Å². The first-order valence-electron chi connectivity index (χ1n) is 14.2. The molecule has 0 spiro atoms. The molecule has 44 heavy (non-hydrogen) atoms. The molecule has 1 atom stereocenters. The average Bonchev–Trinajstić information content (AvgIpc) is 3.60. The molecule has 2 aliphatic rings. The van der Waals surface area contributed by atoms with Crippen LogP contribution in [0.2, 0.25) is 10.0 Å². The molecule has 232 valence electrons. The van der Waals surface area contributed by atoms with Crippen LogP contribution in [0.3, 0.4) is 0 Å². The number of morpholine rings is 1. The van der Waals surface area contributed by atoms with Crippen LogP contribution in [0.5, 0.6) is 11.5 Å². The summed E-state index contributed by atoms with van der Waals surface area (Å²) in [6.07, 6.45) is 2.88. The number of aromatic nitrogens is 4. The number of benzene rings is 2. The van der Waals surface area contributed by atoms with Crippen molar-refractivity contribution in [2.75, 3.05) is 41.0 Å². The molecule has 0 bridgehead atoms. The van der Waals surface area contributed by atoms with Gasteiger partial charge in [-0.05, 0) is 52.2 Å². The van der Waals surface area contributed by atoms with Crippen LogP contribution in [0.25, 0.3) is 28.1 Å². The Bertz CT molecular complexity index is 1710. The Morgan fingerprint density at radius 2 is 1.91 bits per heavy atom. The first-order valence-corrected chi connectivity index (χ1v) is 14.9. The summed E-state index contributed by atoms with van der Waals surface area (Å²) in [5.41, 5.74) is 3.99. The predicted molar refractivity (Wildman–Crippen MR) is 167 cm³/mol. The molecule has 4 heterocycles. The molecule has 1 N–H and O–H groups in total. The Hall–Kier alpha value is -3.61. The minimum absolute atomic E-state index is 0.130. The third kappa shape index (κ3) is 5.54. The molecule has 0 aliphatic carbocycles. The number of rotatable bonds is 7. The van der Waals surface area contributed by atoms with Gasteiger partial charge in [-0.2, -0.15) is 10.2 Å². The third-order valence-electron chi connectivity index (χ3n) is 7.99. The summed E-state index contributed by atoms with van der Waals surface area (Å²) >= 11 is 12.9. The van der Waals surface area contributed by atoms with Crippen molar-refractivity contribution in [3.8, 4) is 39.6 Å². The van der Waals surface area contributed by atoms with Crippen molar-refractivity contribution in [3.05, 3.63) is 64.0 Å². The van der Waals surface area contributed by atoms with E-state index in [1.165, 1.54) is 0 Å². The fourth-order valence-corrected chi connectivity index (χ4v) is 6.10. The number of amides is 1. The Balaban J connectivity index is 1.52. The molecular formula is C31H34Cl2N6O5. The topological polar surface area (TPSA) is 107 Å². The number of nitrogens with zero attached hydrogens (tertiary/aromatic N) is 6. The molecular weight excluding hydrogens is 607 g/mol. The van der Waals surface area contributed by atoms with E-state index >= 15 is 0 Å². The standard InChI is InChI=1S/C31H34Cl2N6O5/c1-31(2)17-43-7-6-38(31)30(41)28-24-16-44-26-12-25(42-5)22(18-13-34-37(14-18)15-27(40)36(3)4)11-23(26)29(24)39(35-28)21-9-19(32)8-20(33)10-21/h8-14,27,40H,6-7,15-17H2,1-5H3. The van der Waals surface area contributed by atoms with Gasteiger partial charge in [-0.25, -0.2) is 4.68 Å². The largest absolute Gasteiger partial charge is 0.496 e. The van der Waals surface area contributed by atoms with Crippen LogP contribution < -0.4 is 9.47 Å². The number of aliphatic hydroxyl groups excluding tert-OH is 1. The lowest BCUT2D eigenvalue weighted by molar-refractivity contribution is -0.0374. The summed E-state index contributed by atoms with van der Waals surface area (Å²) in [4.78, 5) is 17.7. The van der Waals surface area contributed by atoms with Gasteiger partial charge in [0.2, 0.25) is 0 Å². The van der Waals surface area contributed by atoms with Gasteiger partial charge in [-0.1, -0.05) is 23.2 Å². The van der Waals surface area contributed by atoms with E-state index in [0.29, 0.717) is 76.0 Å². The minimum atomic E-state index is -0.699. The maximum Gasteiger partial charge on any atom is 0.275 e. The molecule has 0 radical (unpaired) electrons. The molecule has 13 heteroatoms. The molecule has 1 fully saturated rings. The Labute approximate surface area is 265 Å². The number of fused-ring (bicyclic) bond motifs is 3. The quantitative estimate of drug-likeness (QED) is 0.289. The van der Waals surface area contributed by atoms with Crippen LogP contribution in [0.15, 0.2) is 42.7 Å². The summed E-state index contributed by atoms with van der Waals surface area (Å²) in [7, 11) is 5.20. The SMILES string of the molecule is COc1cc2c(cc1-c1cnn(CC(O)N(C)C)c1)-c1c(c(C(=O)N3CCOCC3(C)C)nn1-c1cc(Cl)cc(Cl)c1)CO2. The van der Waals surface area contributed by atoms with E-state index < -0.39 is 11.8 Å². The van der Waals surface area contributed by atoms with Crippen LogP contribution >= 0.6 is 23.2 Å². The minimum Gasteiger partial charge on any atom is -0.496 e. The number of ether oxygens (including phenoxy) is 3. The lowest BCUT2D eigenvalue weighted by Gasteiger charge is -2.41. The molecule has 1 amide bonds. The maximum atomic E-state index is 14.1. The van der Waals surface area contributed by atoms with Gasteiger partial charge in [0.05, 0.1) is 50.0 Å². The molecule has 6 rings (SSSR count). The highest BCUT2D eigenvalue weighted by molar-refractivity contribution is 6.34. The zero-order valence-electron chi connectivity index (χ0n) is 25.2. The van der Waals surface area contributed by atoms with E-state index in [0.717, 1.165) is 11.1 Å². The molecule has 1 unspecified atom stereocenters. The van der Waals surface area contributed by atoms with E-state index in [2.05, 4.69) is 5.10 Å². The van der Waals surface area contributed by atoms with Crippen molar-refractivity contribution >= 4 is 29.1 Å². The van der Waals surface area contributed by atoms with Gasteiger partial charge in [-0.15, -0.1) is 0 Å². The van der Waals surface area contributed by atoms with Crippen molar-refractivity contribution in [1.82, 2.24) is 29.4 Å². The van der Waals surface area contributed by atoms with Gasteiger partial charge in [0.15, 0.2) is 5.69 Å². The molecule has 1 saturated heterocycles. The summed E-state index contributed by atoms with van der Waals surface area (Å²) in [5, 5.41) is 20.6. The van der Waals surface area contributed by atoms with Gasteiger partial charge >= 0.3 is 0 Å². The van der Waals surface area contributed by atoms with Crippen molar-refractivity contribution in [2.24, 2.45) is 0 Å². The lowest BCUT2D eigenvalue weighted by Crippen LogP contribution is -2.55. The zero-order chi connectivity index (χ0) is 31.3. The second-order valence-corrected chi connectivity index (χ2v) is 12.6. The highest BCUT2D eigenvalue weighted by Gasteiger charge is 2.39. The van der Waals surface area contributed by atoms with E-state index in [1.54, 1.807) is 64.8 Å². The number of aliphatic hydroxyl groups is 1. The predicted octanol–water partition coefficient (Wildman–Crippen LogP) is 4.74. The van der Waals surface area contributed by atoms with E-state index in [-0.39, 0.29) is 12.5 Å². The smallest absolute Gasteiger partial charge is 0.275 e. The number of carbonyl (C=O) groups excluding carboxylic acids is 1. The second kappa shape index (κ2) is 11.7. The number of hydrogen-bond donors (Lipinski definition) is 1. The fraction of sp³-hybridized carbons (Fsp3) is 0.387. The number of methoxy groups -OCH3 is 1. The Morgan fingerprint density at radius 1 is 1.16 bits per heavy atom. The van der Waals surface area contributed by atoms with Crippen molar-refractivity contribution in [1.29, 1.82) is 0 Å². The number of hydrogen-bond acceptors (Lipinski definition) is 8. The summed E-state index contributed by atoms with van der Waals surface area (Å²) in [6, 6.07) is 8.94. The first kappa shape index (κ1) is 30.4. The molecule has 2 aromatic carbocycles. The van der Waals surface area contributed by atoms with E-state index in [4.69, 9.17) is 42.5 Å².